The third kappa shape index (κ3) is 5.29. The summed E-state index contributed by atoms with van der Waals surface area (Å²) in [5, 5.41) is 2.74. The molecular formula is C18H22N2O5S. The van der Waals surface area contributed by atoms with Gasteiger partial charge in [0, 0.05) is 19.2 Å². The van der Waals surface area contributed by atoms with Crippen LogP contribution in [0, 0.1) is 0 Å². The molecule has 1 amide bonds. The average Bonchev–Trinajstić information content (AvgIpc) is 2.64. The molecule has 0 aromatic heterocycles. The van der Waals surface area contributed by atoms with Crippen molar-refractivity contribution < 1.29 is 22.7 Å². The minimum Gasteiger partial charge on any atom is -0.492 e. The van der Waals surface area contributed by atoms with Gasteiger partial charge in [0.2, 0.25) is 10.0 Å². The molecule has 0 fully saturated rings. The van der Waals surface area contributed by atoms with E-state index in [4.69, 9.17) is 9.47 Å². The van der Waals surface area contributed by atoms with E-state index in [1.54, 1.807) is 30.3 Å². The van der Waals surface area contributed by atoms with Crippen LogP contribution in [0.5, 0.6) is 5.75 Å². The number of ether oxygens (including phenoxy) is 2. The summed E-state index contributed by atoms with van der Waals surface area (Å²) in [6, 6.07) is 12.9. The van der Waals surface area contributed by atoms with Crippen molar-refractivity contribution in [1.82, 2.24) is 4.72 Å². The number of benzene rings is 2. The Morgan fingerprint density at radius 1 is 1.12 bits per heavy atom. The van der Waals surface area contributed by atoms with Crippen LogP contribution in [0.15, 0.2) is 53.4 Å². The molecule has 2 N–H and O–H groups in total. The molecule has 26 heavy (non-hydrogen) atoms. The van der Waals surface area contributed by atoms with E-state index in [9.17, 15) is 13.2 Å². The van der Waals surface area contributed by atoms with Gasteiger partial charge in [0.1, 0.15) is 5.75 Å². The van der Waals surface area contributed by atoms with Crippen molar-refractivity contribution >= 4 is 21.6 Å². The molecule has 0 aliphatic heterocycles. The van der Waals surface area contributed by atoms with Crippen LogP contribution >= 0.6 is 0 Å². The normalized spacial score (nSPS) is 11.2. The lowest BCUT2D eigenvalue weighted by atomic mass is 10.2. The molecule has 0 heterocycles. The lowest BCUT2D eigenvalue weighted by Crippen LogP contribution is -2.27. The van der Waals surface area contributed by atoms with Crippen molar-refractivity contribution in [2.75, 3.05) is 32.2 Å². The number of hydrogen-bond acceptors (Lipinski definition) is 5. The Bertz CT molecular complexity index is 852. The topological polar surface area (TPSA) is 93.7 Å². The van der Waals surface area contributed by atoms with Crippen LogP contribution in [-0.2, 0) is 14.8 Å². The van der Waals surface area contributed by atoms with Gasteiger partial charge in [-0.05, 0) is 37.3 Å². The standard InChI is InChI=1S/C18H22N2O5S/c1-3-25-17-10-5-4-9-16(17)20-18(21)14-7-6-8-15(13-14)26(22,23)19-11-12-24-2/h4-10,13,19H,3,11-12H2,1-2H3,(H,20,21). The summed E-state index contributed by atoms with van der Waals surface area (Å²) in [5.74, 6) is 0.124. The number of carbonyl (C=O) groups excluding carboxylic acids is 1. The number of methoxy groups -OCH3 is 1. The monoisotopic (exact) mass is 378 g/mol. The second-order valence-electron chi connectivity index (χ2n) is 5.30. The van der Waals surface area contributed by atoms with Gasteiger partial charge in [0.15, 0.2) is 0 Å². The third-order valence-electron chi connectivity index (χ3n) is 3.44. The van der Waals surface area contributed by atoms with Gasteiger partial charge in [-0.15, -0.1) is 0 Å². The van der Waals surface area contributed by atoms with Crippen LogP contribution in [0.25, 0.3) is 0 Å². The zero-order chi connectivity index (χ0) is 19.0. The van der Waals surface area contributed by atoms with Crippen LogP contribution in [-0.4, -0.2) is 41.2 Å². The SMILES string of the molecule is CCOc1ccccc1NC(=O)c1cccc(S(=O)(=O)NCCOC)c1. The highest BCUT2D eigenvalue weighted by molar-refractivity contribution is 7.89. The molecule has 0 saturated carbocycles. The average molecular weight is 378 g/mol. The quantitative estimate of drug-likeness (QED) is 0.653. The number of rotatable bonds is 9. The molecule has 2 aromatic carbocycles. The van der Waals surface area contributed by atoms with Gasteiger partial charge in [0.05, 0.1) is 23.8 Å². The summed E-state index contributed by atoms with van der Waals surface area (Å²) >= 11 is 0. The molecular weight excluding hydrogens is 356 g/mol. The molecule has 0 spiro atoms. The summed E-state index contributed by atoms with van der Waals surface area (Å²) in [7, 11) is -2.23. The molecule has 2 rings (SSSR count). The first-order valence-electron chi connectivity index (χ1n) is 8.09. The maximum atomic E-state index is 12.5. The first-order valence-corrected chi connectivity index (χ1v) is 9.58. The highest BCUT2D eigenvalue weighted by Crippen LogP contribution is 2.24. The Morgan fingerprint density at radius 3 is 2.62 bits per heavy atom. The van der Waals surface area contributed by atoms with E-state index in [0.717, 1.165) is 0 Å². The number of para-hydroxylation sites is 2. The molecule has 0 atom stereocenters. The Labute approximate surface area is 153 Å². The summed E-state index contributed by atoms with van der Waals surface area (Å²) < 4.78 is 37.2. The van der Waals surface area contributed by atoms with Crippen LogP contribution in [0.2, 0.25) is 0 Å². The zero-order valence-electron chi connectivity index (χ0n) is 14.7. The first kappa shape index (κ1) is 19.9. The molecule has 2 aromatic rings. The number of anilines is 1. The predicted molar refractivity (Wildman–Crippen MR) is 99.1 cm³/mol. The molecule has 7 nitrogen and oxygen atoms in total. The van der Waals surface area contributed by atoms with Gasteiger partial charge in [-0.25, -0.2) is 13.1 Å². The summed E-state index contributed by atoms with van der Waals surface area (Å²) in [6.45, 7) is 2.72. The van der Waals surface area contributed by atoms with Gasteiger partial charge >= 0.3 is 0 Å². The van der Waals surface area contributed by atoms with Crippen molar-refractivity contribution in [3.8, 4) is 5.75 Å². The fraction of sp³-hybridized carbons (Fsp3) is 0.278. The van der Waals surface area contributed by atoms with Crippen LogP contribution in [0.4, 0.5) is 5.69 Å². The third-order valence-corrected chi connectivity index (χ3v) is 4.90. The number of sulfonamides is 1. The Kier molecular flexibility index (Phi) is 7.14. The minimum atomic E-state index is -3.71. The second kappa shape index (κ2) is 9.33. The number of carbonyl (C=O) groups is 1. The predicted octanol–water partition coefficient (Wildman–Crippen LogP) is 2.26. The van der Waals surface area contributed by atoms with E-state index in [1.165, 1.54) is 25.3 Å². The minimum absolute atomic E-state index is 0.0133. The smallest absolute Gasteiger partial charge is 0.255 e. The van der Waals surface area contributed by atoms with Crippen molar-refractivity contribution in [2.24, 2.45) is 0 Å². The zero-order valence-corrected chi connectivity index (χ0v) is 15.5. The van der Waals surface area contributed by atoms with Crippen LogP contribution < -0.4 is 14.8 Å². The van der Waals surface area contributed by atoms with Gasteiger partial charge in [-0.2, -0.15) is 0 Å². The van der Waals surface area contributed by atoms with Crippen molar-refractivity contribution in [2.45, 2.75) is 11.8 Å². The molecule has 0 unspecified atom stereocenters. The summed E-state index contributed by atoms with van der Waals surface area (Å²) in [6.07, 6.45) is 0. The largest absolute Gasteiger partial charge is 0.492 e. The van der Waals surface area contributed by atoms with E-state index in [-0.39, 0.29) is 23.6 Å². The second-order valence-corrected chi connectivity index (χ2v) is 7.07. The van der Waals surface area contributed by atoms with E-state index in [0.29, 0.717) is 18.0 Å². The molecule has 0 saturated heterocycles. The van der Waals surface area contributed by atoms with E-state index in [2.05, 4.69) is 10.0 Å². The van der Waals surface area contributed by atoms with Crippen molar-refractivity contribution in [3.05, 3.63) is 54.1 Å². The van der Waals surface area contributed by atoms with Crippen LogP contribution in [0.3, 0.4) is 0 Å². The van der Waals surface area contributed by atoms with Gasteiger partial charge in [-0.1, -0.05) is 18.2 Å². The number of hydrogen-bond donors (Lipinski definition) is 2. The Balaban J connectivity index is 2.18. The summed E-state index contributed by atoms with van der Waals surface area (Å²) in [4.78, 5) is 12.5. The maximum absolute atomic E-state index is 12.5. The molecule has 140 valence electrons. The maximum Gasteiger partial charge on any atom is 0.255 e. The van der Waals surface area contributed by atoms with Crippen molar-refractivity contribution in [1.29, 1.82) is 0 Å². The Morgan fingerprint density at radius 2 is 1.88 bits per heavy atom. The lowest BCUT2D eigenvalue weighted by molar-refractivity contribution is 0.102. The van der Waals surface area contributed by atoms with Crippen LogP contribution in [0.1, 0.15) is 17.3 Å². The highest BCUT2D eigenvalue weighted by Gasteiger charge is 2.16. The molecule has 0 radical (unpaired) electrons. The number of nitrogens with one attached hydrogen (secondary N) is 2. The van der Waals surface area contributed by atoms with Gasteiger partial charge in [-0.3, -0.25) is 4.79 Å². The lowest BCUT2D eigenvalue weighted by Gasteiger charge is -2.12. The Hall–Kier alpha value is -2.42. The van der Waals surface area contributed by atoms with Crippen molar-refractivity contribution in [3.63, 3.8) is 0 Å². The summed E-state index contributed by atoms with van der Waals surface area (Å²) in [5.41, 5.74) is 0.747. The molecule has 0 aliphatic carbocycles. The molecule has 8 heteroatoms. The molecule has 0 aliphatic rings. The fourth-order valence-electron chi connectivity index (χ4n) is 2.21. The van der Waals surface area contributed by atoms with E-state index in [1.807, 2.05) is 6.92 Å². The number of amides is 1. The van der Waals surface area contributed by atoms with E-state index >= 15 is 0 Å². The van der Waals surface area contributed by atoms with Gasteiger partial charge < -0.3 is 14.8 Å². The highest BCUT2D eigenvalue weighted by atomic mass is 32.2. The first-order chi connectivity index (χ1) is 12.5. The van der Waals surface area contributed by atoms with Gasteiger partial charge in [0.25, 0.3) is 5.91 Å². The molecule has 0 bridgehead atoms. The van der Waals surface area contributed by atoms with E-state index < -0.39 is 15.9 Å². The fourth-order valence-corrected chi connectivity index (χ4v) is 3.27.